The predicted molar refractivity (Wildman–Crippen MR) is 68.1 cm³/mol. The van der Waals surface area contributed by atoms with Gasteiger partial charge in [-0.05, 0) is 0 Å². The first-order chi connectivity index (χ1) is 8.70. The largest absolute Gasteiger partial charge is 0.238 e. The van der Waals surface area contributed by atoms with Crippen LogP contribution in [0.3, 0.4) is 0 Å². The summed E-state index contributed by atoms with van der Waals surface area (Å²) in [4.78, 5) is 0. The highest BCUT2D eigenvalue weighted by Crippen LogP contribution is 2.25. The molecule has 1 N–H and O–H groups in total. The van der Waals surface area contributed by atoms with Crippen LogP contribution < -0.4 is 0 Å². The molecule has 2 heterocycles. The van der Waals surface area contributed by atoms with Gasteiger partial charge in [0.15, 0.2) is 5.82 Å². The van der Waals surface area contributed by atoms with Gasteiger partial charge < -0.3 is 0 Å². The van der Waals surface area contributed by atoms with E-state index in [4.69, 9.17) is 0 Å². The zero-order valence-electron chi connectivity index (χ0n) is 11.9. The lowest BCUT2D eigenvalue weighted by Crippen LogP contribution is -2.28. The van der Waals surface area contributed by atoms with E-state index in [-0.39, 0.29) is 11.4 Å². The average Bonchev–Trinajstić information content (AvgIpc) is 2.87. The van der Waals surface area contributed by atoms with Gasteiger partial charge in [0.25, 0.3) is 0 Å². The number of halogens is 1. The number of rotatable bonds is 3. The number of H-pyrrole nitrogens is 1. The molecule has 0 aliphatic heterocycles. The molecule has 19 heavy (non-hydrogen) atoms. The quantitative estimate of drug-likeness (QED) is 0.919. The van der Waals surface area contributed by atoms with E-state index < -0.39 is 5.41 Å². The molecular weight excluding hydrogens is 247 g/mol. The summed E-state index contributed by atoms with van der Waals surface area (Å²) in [5.74, 6) is 0.196. The summed E-state index contributed by atoms with van der Waals surface area (Å²) < 4.78 is 15.3. The molecule has 2 aromatic heterocycles. The topological polar surface area (TPSA) is 72.3 Å². The van der Waals surface area contributed by atoms with E-state index in [1.807, 2.05) is 34.6 Å². The molecule has 0 unspecified atom stereocenters. The van der Waals surface area contributed by atoms with Crippen LogP contribution >= 0.6 is 0 Å². The standard InChI is InChI=1S/C12H19FN6/c1-11(2,3)8-6-9(13)19(16-8)7-12(4,5)10-14-17-18-15-10/h6H,7H2,1-5H3,(H,14,15,17,18). The maximum Gasteiger partial charge on any atom is 0.211 e. The fourth-order valence-corrected chi connectivity index (χ4v) is 1.77. The smallest absolute Gasteiger partial charge is 0.211 e. The third-order valence-corrected chi connectivity index (χ3v) is 2.99. The maximum absolute atomic E-state index is 13.9. The van der Waals surface area contributed by atoms with Crippen molar-refractivity contribution in [2.45, 2.75) is 52.0 Å². The van der Waals surface area contributed by atoms with Crippen molar-refractivity contribution in [3.05, 3.63) is 23.5 Å². The zero-order chi connectivity index (χ0) is 14.3. The van der Waals surface area contributed by atoms with E-state index >= 15 is 0 Å². The first kappa shape index (κ1) is 13.6. The summed E-state index contributed by atoms with van der Waals surface area (Å²) in [6.45, 7) is 10.2. The molecule has 0 saturated carbocycles. The summed E-state index contributed by atoms with van der Waals surface area (Å²) >= 11 is 0. The summed E-state index contributed by atoms with van der Waals surface area (Å²) in [6, 6.07) is 1.48. The van der Waals surface area contributed by atoms with Gasteiger partial charge in [0, 0.05) is 16.9 Å². The molecule has 7 heteroatoms. The van der Waals surface area contributed by atoms with Gasteiger partial charge in [-0.3, -0.25) is 0 Å². The Bertz CT molecular complexity index is 549. The van der Waals surface area contributed by atoms with Crippen LogP contribution in [0, 0.1) is 5.95 Å². The predicted octanol–water partition coefficient (Wildman–Crippen LogP) is 1.81. The Morgan fingerprint density at radius 2 is 1.95 bits per heavy atom. The van der Waals surface area contributed by atoms with E-state index in [2.05, 4.69) is 25.7 Å². The van der Waals surface area contributed by atoms with Gasteiger partial charge in [0.1, 0.15) is 0 Å². The number of nitrogens with zero attached hydrogens (tertiary/aromatic N) is 5. The number of aromatic amines is 1. The minimum absolute atomic E-state index is 0.178. The van der Waals surface area contributed by atoms with Gasteiger partial charge in [-0.15, -0.1) is 10.2 Å². The molecule has 0 aromatic carbocycles. The number of hydrogen-bond donors (Lipinski definition) is 1. The fourth-order valence-electron chi connectivity index (χ4n) is 1.77. The second-order valence-corrected chi connectivity index (χ2v) is 6.38. The summed E-state index contributed by atoms with van der Waals surface area (Å²) in [5.41, 5.74) is 0.103. The first-order valence-electron chi connectivity index (χ1n) is 6.18. The van der Waals surface area contributed by atoms with Gasteiger partial charge >= 0.3 is 0 Å². The summed E-state index contributed by atoms with van der Waals surface area (Å²) in [5, 5.41) is 18.2. The summed E-state index contributed by atoms with van der Waals surface area (Å²) in [7, 11) is 0. The third kappa shape index (κ3) is 2.80. The highest BCUT2D eigenvalue weighted by atomic mass is 19.1. The minimum Gasteiger partial charge on any atom is -0.238 e. The Morgan fingerprint density at radius 3 is 2.42 bits per heavy atom. The molecule has 0 aliphatic rings. The lowest BCUT2D eigenvalue weighted by Gasteiger charge is -2.20. The molecule has 104 valence electrons. The fraction of sp³-hybridized carbons (Fsp3) is 0.667. The molecule has 0 fully saturated rings. The second kappa shape index (κ2) is 4.40. The normalized spacial score (nSPS) is 12.9. The lowest BCUT2D eigenvalue weighted by molar-refractivity contribution is 0.342. The number of hydrogen-bond acceptors (Lipinski definition) is 4. The van der Waals surface area contributed by atoms with E-state index in [1.165, 1.54) is 10.7 Å². The molecule has 2 aromatic rings. The minimum atomic E-state index is -0.449. The lowest BCUT2D eigenvalue weighted by atomic mass is 9.93. The molecule has 0 amide bonds. The monoisotopic (exact) mass is 266 g/mol. The highest BCUT2D eigenvalue weighted by Gasteiger charge is 2.29. The van der Waals surface area contributed by atoms with Crippen molar-refractivity contribution in [3.8, 4) is 0 Å². The number of aromatic nitrogens is 6. The molecular formula is C12H19FN6. The summed E-state index contributed by atoms with van der Waals surface area (Å²) in [6.07, 6.45) is 0. The molecule has 0 aliphatic carbocycles. The van der Waals surface area contributed by atoms with Crippen molar-refractivity contribution < 1.29 is 4.39 Å². The van der Waals surface area contributed by atoms with Gasteiger partial charge in [-0.25, -0.2) is 4.68 Å². The third-order valence-electron chi connectivity index (χ3n) is 2.99. The van der Waals surface area contributed by atoms with Crippen LogP contribution in [-0.2, 0) is 17.4 Å². The van der Waals surface area contributed by atoms with Crippen molar-refractivity contribution in [2.24, 2.45) is 0 Å². The van der Waals surface area contributed by atoms with Crippen LogP contribution in [0.15, 0.2) is 6.07 Å². The first-order valence-corrected chi connectivity index (χ1v) is 6.18. The van der Waals surface area contributed by atoms with Crippen molar-refractivity contribution in [3.63, 3.8) is 0 Å². The maximum atomic E-state index is 13.9. The van der Waals surface area contributed by atoms with Crippen LogP contribution in [0.4, 0.5) is 4.39 Å². The van der Waals surface area contributed by atoms with Crippen molar-refractivity contribution in [2.75, 3.05) is 0 Å². The Labute approximate surface area is 111 Å². The Kier molecular flexibility index (Phi) is 3.15. The van der Waals surface area contributed by atoms with Crippen molar-refractivity contribution in [1.82, 2.24) is 30.4 Å². The van der Waals surface area contributed by atoms with Crippen LogP contribution in [0.1, 0.15) is 46.1 Å². The Morgan fingerprint density at radius 1 is 1.26 bits per heavy atom. The second-order valence-electron chi connectivity index (χ2n) is 6.38. The highest BCUT2D eigenvalue weighted by molar-refractivity contribution is 5.12. The SMILES string of the molecule is CC(C)(C)c1cc(F)n(CC(C)(C)c2nn[nH]n2)n1. The van der Waals surface area contributed by atoms with Crippen LogP contribution in [0.2, 0.25) is 0 Å². The Hall–Kier alpha value is -1.79. The molecule has 0 spiro atoms. The van der Waals surface area contributed by atoms with E-state index in [9.17, 15) is 4.39 Å². The molecule has 2 rings (SSSR count). The van der Waals surface area contributed by atoms with Gasteiger partial charge in [-0.1, -0.05) is 39.8 Å². The molecule has 6 nitrogen and oxygen atoms in total. The van der Waals surface area contributed by atoms with E-state index in [0.717, 1.165) is 5.69 Å². The average molecular weight is 266 g/mol. The van der Waals surface area contributed by atoms with E-state index in [0.29, 0.717) is 12.4 Å². The molecule has 0 saturated heterocycles. The van der Waals surface area contributed by atoms with Crippen molar-refractivity contribution >= 4 is 0 Å². The van der Waals surface area contributed by atoms with Crippen LogP contribution in [0.5, 0.6) is 0 Å². The number of nitrogens with one attached hydrogen (secondary N) is 1. The Balaban J connectivity index is 2.27. The zero-order valence-corrected chi connectivity index (χ0v) is 11.9. The van der Waals surface area contributed by atoms with Gasteiger partial charge in [0.05, 0.1) is 12.2 Å². The molecule has 0 bridgehead atoms. The van der Waals surface area contributed by atoms with Gasteiger partial charge in [-0.2, -0.15) is 14.7 Å². The van der Waals surface area contributed by atoms with E-state index in [1.54, 1.807) is 0 Å². The van der Waals surface area contributed by atoms with Crippen LogP contribution in [-0.4, -0.2) is 30.4 Å². The molecule has 0 atom stereocenters. The van der Waals surface area contributed by atoms with Crippen molar-refractivity contribution in [1.29, 1.82) is 0 Å². The number of tetrazole rings is 1. The van der Waals surface area contributed by atoms with Crippen LogP contribution in [0.25, 0.3) is 0 Å². The molecule has 0 radical (unpaired) electrons. The van der Waals surface area contributed by atoms with Gasteiger partial charge in [0.2, 0.25) is 5.95 Å².